The van der Waals surface area contributed by atoms with Gasteiger partial charge in [0.25, 0.3) is 0 Å². The van der Waals surface area contributed by atoms with Crippen molar-refractivity contribution in [1.82, 2.24) is 0 Å². The molecule has 1 rings (SSSR count). The first kappa shape index (κ1) is 11.0. The van der Waals surface area contributed by atoms with Crippen LogP contribution < -0.4 is 0 Å². The van der Waals surface area contributed by atoms with E-state index in [0.29, 0.717) is 0 Å². The van der Waals surface area contributed by atoms with Crippen molar-refractivity contribution in [2.45, 2.75) is 11.9 Å². The summed E-state index contributed by atoms with van der Waals surface area (Å²) < 4.78 is 60.1. The molecule has 0 saturated carbocycles. The highest BCUT2D eigenvalue weighted by molar-refractivity contribution is 7.88. The zero-order valence-corrected chi connectivity index (χ0v) is 7.60. The maximum atomic E-state index is 11.8. The lowest BCUT2D eigenvalue weighted by molar-refractivity contribution is -0.0505. The largest absolute Gasteiger partial charge is 0.534 e. The molecule has 14 heavy (non-hydrogen) atoms. The van der Waals surface area contributed by atoms with E-state index >= 15 is 0 Å². The van der Waals surface area contributed by atoms with Gasteiger partial charge in [0.1, 0.15) is 0 Å². The van der Waals surface area contributed by atoms with Crippen molar-refractivity contribution in [3.8, 4) is 0 Å². The van der Waals surface area contributed by atoms with Gasteiger partial charge in [0, 0.05) is 6.42 Å². The summed E-state index contributed by atoms with van der Waals surface area (Å²) >= 11 is 0. The molecule has 0 bridgehead atoms. The van der Waals surface area contributed by atoms with Crippen molar-refractivity contribution >= 4 is 16.0 Å². The second kappa shape index (κ2) is 3.60. The van der Waals surface area contributed by atoms with Gasteiger partial charge in [-0.3, -0.25) is 4.99 Å². The van der Waals surface area contributed by atoms with Gasteiger partial charge in [-0.15, -0.1) is 0 Å². The predicted octanol–water partition coefficient (Wildman–Crippen LogP) is 1.21. The lowest BCUT2D eigenvalue weighted by Gasteiger charge is -2.11. The number of dihydropyridines is 1. The average Bonchev–Trinajstić information content (AvgIpc) is 2.03. The van der Waals surface area contributed by atoms with Crippen LogP contribution in [-0.4, -0.2) is 26.4 Å². The molecule has 4 nitrogen and oxygen atoms in total. The van der Waals surface area contributed by atoms with E-state index < -0.39 is 21.5 Å². The minimum absolute atomic E-state index is 0.0463. The van der Waals surface area contributed by atoms with Crippen LogP contribution in [0.4, 0.5) is 13.2 Å². The topological polar surface area (TPSA) is 55.7 Å². The van der Waals surface area contributed by atoms with Crippen LogP contribution in [0.3, 0.4) is 0 Å². The maximum Gasteiger partial charge on any atom is 0.534 e. The van der Waals surface area contributed by atoms with Gasteiger partial charge in [-0.2, -0.15) is 21.6 Å². The van der Waals surface area contributed by atoms with E-state index in [2.05, 4.69) is 9.18 Å². The van der Waals surface area contributed by atoms with Crippen LogP contribution in [-0.2, 0) is 14.3 Å². The molecule has 0 amide bonds. The molecule has 80 valence electrons. The Bertz CT molecular complexity index is 368. The van der Waals surface area contributed by atoms with E-state index in [0.717, 1.165) is 0 Å². The van der Waals surface area contributed by atoms with Crippen LogP contribution in [0.1, 0.15) is 6.42 Å². The summed E-state index contributed by atoms with van der Waals surface area (Å²) in [6, 6.07) is 0. The summed E-state index contributed by atoms with van der Waals surface area (Å²) in [6.45, 7) is 0.128. The van der Waals surface area contributed by atoms with E-state index in [1.807, 2.05) is 0 Å². The Morgan fingerprint density at radius 2 is 2.00 bits per heavy atom. The smallest absolute Gasteiger partial charge is 0.360 e. The summed E-state index contributed by atoms with van der Waals surface area (Å²) in [5.41, 5.74) is -5.41. The molecule has 8 heteroatoms. The SMILES string of the molecule is O=S(=O)(OC1=NCC=CC1)C(F)(F)F. The zero-order chi connectivity index (χ0) is 10.8. The second-order valence-electron chi connectivity index (χ2n) is 2.39. The lowest BCUT2D eigenvalue weighted by atomic mass is 10.3. The van der Waals surface area contributed by atoms with Gasteiger partial charge in [-0.25, -0.2) is 0 Å². The number of rotatable bonds is 1. The fourth-order valence-electron chi connectivity index (χ4n) is 0.712. The minimum atomic E-state index is -5.56. The molecule has 0 fully saturated rings. The molecule has 1 heterocycles. The molecule has 1 aliphatic heterocycles. The van der Waals surface area contributed by atoms with Gasteiger partial charge in [0.05, 0.1) is 6.54 Å². The van der Waals surface area contributed by atoms with E-state index in [1.54, 1.807) is 6.08 Å². The van der Waals surface area contributed by atoms with E-state index in [1.165, 1.54) is 6.08 Å². The van der Waals surface area contributed by atoms with Crippen molar-refractivity contribution in [2.75, 3.05) is 6.54 Å². The third-order valence-electron chi connectivity index (χ3n) is 1.32. The van der Waals surface area contributed by atoms with Gasteiger partial charge >= 0.3 is 15.6 Å². The van der Waals surface area contributed by atoms with Gasteiger partial charge < -0.3 is 4.18 Å². The zero-order valence-electron chi connectivity index (χ0n) is 6.78. The minimum Gasteiger partial charge on any atom is -0.360 e. The third-order valence-corrected chi connectivity index (χ3v) is 2.30. The molecular weight excluding hydrogens is 223 g/mol. The summed E-state index contributed by atoms with van der Waals surface area (Å²) in [5.74, 6) is -0.440. The molecule has 0 aromatic rings. The van der Waals surface area contributed by atoms with Crippen LogP contribution in [0, 0.1) is 0 Å². The van der Waals surface area contributed by atoms with E-state index in [9.17, 15) is 21.6 Å². The molecule has 0 aromatic carbocycles. The molecule has 1 aliphatic rings. The molecule has 0 N–H and O–H groups in total. The van der Waals surface area contributed by atoms with Gasteiger partial charge in [0.2, 0.25) is 5.90 Å². The van der Waals surface area contributed by atoms with Gasteiger partial charge in [-0.05, 0) is 0 Å². The Morgan fingerprint density at radius 1 is 1.36 bits per heavy atom. The highest BCUT2D eigenvalue weighted by Crippen LogP contribution is 2.25. The number of aliphatic imine (C=N–C) groups is 1. The lowest BCUT2D eigenvalue weighted by Crippen LogP contribution is -2.28. The van der Waals surface area contributed by atoms with Crippen LogP contribution in [0.25, 0.3) is 0 Å². The summed E-state index contributed by atoms with van der Waals surface area (Å²) in [7, 11) is -5.56. The van der Waals surface area contributed by atoms with E-state index in [4.69, 9.17) is 0 Å². The van der Waals surface area contributed by atoms with E-state index in [-0.39, 0.29) is 13.0 Å². The van der Waals surface area contributed by atoms with Crippen molar-refractivity contribution in [2.24, 2.45) is 4.99 Å². The van der Waals surface area contributed by atoms with Crippen LogP contribution in [0.15, 0.2) is 17.1 Å². The molecule has 0 saturated heterocycles. The first-order valence-corrected chi connectivity index (χ1v) is 4.93. The van der Waals surface area contributed by atoms with Crippen LogP contribution >= 0.6 is 0 Å². The Balaban J connectivity index is 2.74. The highest BCUT2D eigenvalue weighted by Gasteiger charge is 2.49. The summed E-state index contributed by atoms with van der Waals surface area (Å²) in [5, 5.41) is 0. The van der Waals surface area contributed by atoms with Crippen molar-refractivity contribution < 1.29 is 25.8 Å². The first-order chi connectivity index (χ1) is 6.33. The monoisotopic (exact) mass is 229 g/mol. The molecule has 0 aromatic heterocycles. The standard InChI is InChI=1S/C6H6F3NO3S/c7-6(8,9)14(11,12)13-5-3-1-2-4-10-5/h1-2H,3-4H2. The van der Waals surface area contributed by atoms with Crippen molar-refractivity contribution in [3.05, 3.63) is 12.2 Å². The number of nitrogens with zero attached hydrogens (tertiary/aromatic N) is 1. The number of alkyl halides is 3. The maximum absolute atomic E-state index is 11.8. The Kier molecular flexibility index (Phi) is 2.84. The summed E-state index contributed by atoms with van der Waals surface area (Å²) in [6.07, 6.45) is 3.02. The fraction of sp³-hybridized carbons (Fsp3) is 0.500. The van der Waals surface area contributed by atoms with Gasteiger partial charge in [0.15, 0.2) is 0 Å². The number of halogens is 3. The van der Waals surface area contributed by atoms with Gasteiger partial charge in [-0.1, -0.05) is 12.2 Å². The van der Waals surface area contributed by atoms with Crippen LogP contribution in [0.2, 0.25) is 0 Å². The Morgan fingerprint density at radius 3 is 2.43 bits per heavy atom. The molecule has 0 atom stereocenters. The quantitative estimate of drug-likeness (QED) is 0.386. The Hall–Kier alpha value is -1.05. The molecule has 0 radical (unpaired) electrons. The average molecular weight is 229 g/mol. The third kappa shape index (κ3) is 2.47. The molecule has 0 unspecified atom stereocenters. The normalized spacial score (nSPS) is 17.8. The first-order valence-electron chi connectivity index (χ1n) is 3.52. The number of hydrogen-bond donors (Lipinski definition) is 0. The fourth-order valence-corrected chi connectivity index (χ4v) is 1.18. The highest BCUT2D eigenvalue weighted by atomic mass is 32.2. The van der Waals surface area contributed by atoms with Crippen molar-refractivity contribution in [1.29, 1.82) is 0 Å². The predicted molar refractivity (Wildman–Crippen MR) is 42.1 cm³/mol. The molecule has 0 spiro atoms. The summed E-state index contributed by atoms with van der Waals surface area (Å²) in [4.78, 5) is 3.46. The molecular formula is C6H6F3NO3S. The van der Waals surface area contributed by atoms with Crippen LogP contribution in [0.5, 0.6) is 0 Å². The second-order valence-corrected chi connectivity index (χ2v) is 3.93. The molecule has 0 aliphatic carbocycles. The van der Waals surface area contributed by atoms with Crippen molar-refractivity contribution in [3.63, 3.8) is 0 Å². The number of hydrogen-bond acceptors (Lipinski definition) is 4. The Labute approximate surface area is 78.2 Å².